The highest BCUT2D eigenvalue weighted by Gasteiger charge is 2.13. The van der Waals surface area contributed by atoms with Gasteiger partial charge in [0.25, 0.3) is 0 Å². The van der Waals surface area contributed by atoms with E-state index >= 15 is 0 Å². The number of fused-ring (bicyclic) bond motifs is 4. The third kappa shape index (κ3) is 2.38. The number of amides is 1. The van der Waals surface area contributed by atoms with Gasteiger partial charge in [0.1, 0.15) is 0 Å². The van der Waals surface area contributed by atoms with Crippen LogP contribution in [0.25, 0.3) is 31.2 Å². The average molecular weight is 375 g/mol. The largest absolute Gasteiger partial charge is 0.319 e. The Bertz CT molecular complexity index is 1340. The summed E-state index contributed by atoms with van der Waals surface area (Å²) in [4.78, 5) is 22.1. The van der Waals surface area contributed by atoms with Crippen LogP contribution in [0.1, 0.15) is 9.80 Å². The summed E-state index contributed by atoms with van der Waals surface area (Å²) in [6.45, 7) is 0. The number of hydrogen-bond donors (Lipinski definition) is 0. The minimum atomic E-state index is -0.294. The molecule has 0 atom stereocenters. The van der Waals surface area contributed by atoms with Crippen molar-refractivity contribution < 1.29 is 4.79 Å². The second-order valence-electron chi connectivity index (χ2n) is 5.98. The molecular weight excluding hydrogens is 362 g/mol. The predicted molar refractivity (Wildman–Crippen MR) is 108 cm³/mol. The topological polar surface area (TPSA) is 47.2 Å². The molecule has 0 spiro atoms. The van der Waals surface area contributed by atoms with Gasteiger partial charge in [-0.05, 0) is 23.6 Å². The lowest BCUT2D eigenvalue weighted by molar-refractivity contribution is 0.0998. The molecule has 3 aromatic carbocycles. The Balaban J connectivity index is 1.69. The van der Waals surface area contributed by atoms with Gasteiger partial charge in [-0.25, -0.2) is 4.98 Å². The quantitative estimate of drug-likeness (QED) is 0.425. The highest BCUT2D eigenvalue weighted by atomic mass is 32.1. The third-order valence-electron chi connectivity index (χ3n) is 4.36. The van der Waals surface area contributed by atoms with E-state index in [9.17, 15) is 4.79 Å². The van der Waals surface area contributed by atoms with E-state index in [1.807, 2.05) is 48.0 Å². The number of carbonyl (C=O) groups is 1. The van der Waals surface area contributed by atoms with Crippen molar-refractivity contribution in [2.45, 2.75) is 0 Å². The maximum atomic E-state index is 12.7. The molecule has 2 heterocycles. The molecule has 0 aliphatic heterocycles. The minimum absolute atomic E-state index is 0.294. The van der Waals surface area contributed by atoms with E-state index in [4.69, 9.17) is 0 Å². The number of aryl methyl sites for hydroxylation is 1. The SMILES string of the molecule is Cn1c(=NC(=O)c2nc3ccccc3s2)sc2ccc3ccccc3c21. The first kappa shape index (κ1) is 15.4. The van der Waals surface area contributed by atoms with Crippen molar-refractivity contribution in [1.29, 1.82) is 0 Å². The number of benzene rings is 3. The van der Waals surface area contributed by atoms with Crippen LogP contribution in [0, 0.1) is 0 Å². The molecule has 0 aliphatic rings. The number of hydrogen-bond acceptors (Lipinski definition) is 4. The van der Waals surface area contributed by atoms with Crippen LogP contribution in [0.5, 0.6) is 0 Å². The number of aromatic nitrogens is 2. The molecular formula is C20H13N3OS2. The summed E-state index contributed by atoms with van der Waals surface area (Å²) in [6, 6.07) is 20.2. The Morgan fingerprint density at radius 3 is 2.65 bits per heavy atom. The summed E-state index contributed by atoms with van der Waals surface area (Å²) in [5.41, 5.74) is 1.94. The van der Waals surface area contributed by atoms with Gasteiger partial charge in [-0.2, -0.15) is 4.99 Å². The molecule has 0 radical (unpaired) electrons. The van der Waals surface area contributed by atoms with Crippen LogP contribution < -0.4 is 4.80 Å². The van der Waals surface area contributed by atoms with E-state index in [1.54, 1.807) is 0 Å². The Labute approximate surface area is 156 Å². The van der Waals surface area contributed by atoms with Gasteiger partial charge in [0.15, 0.2) is 9.81 Å². The Morgan fingerprint density at radius 2 is 1.77 bits per heavy atom. The molecule has 4 nitrogen and oxygen atoms in total. The van der Waals surface area contributed by atoms with Crippen molar-refractivity contribution in [2.24, 2.45) is 12.0 Å². The summed E-state index contributed by atoms with van der Waals surface area (Å²) in [5.74, 6) is -0.294. The molecule has 2 aromatic heterocycles. The first-order valence-corrected chi connectivity index (χ1v) is 9.76. The summed E-state index contributed by atoms with van der Waals surface area (Å²) in [7, 11) is 1.95. The minimum Gasteiger partial charge on any atom is -0.319 e. The van der Waals surface area contributed by atoms with Crippen LogP contribution in [0.15, 0.2) is 65.7 Å². The maximum absolute atomic E-state index is 12.7. The second-order valence-corrected chi connectivity index (χ2v) is 8.02. The monoisotopic (exact) mass is 375 g/mol. The fourth-order valence-corrected chi connectivity index (χ4v) is 5.01. The van der Waals surface area contributed by atoms with Crippen LogP contribution in [-0.4, -0.2) is 15.5 Å². The van der Waals surface area contributed by atoms with Crippen LogP contribution in [0.4, 0.5) is 0 Å². The lowest BCUT2D eigenvalue weighted by Crippen LogP contribution is -2.13. The lowest BCUT2D eigenvalue weighted by Gasteiger charge is -2.01. The molecule has 0 saturated carbocycles. The highest BCUT2D eigenvalue weighted by Crippen LogP contribution is 2.27. The van der Waals surface area contributed by atoms with Crippen LogP contribution in [0.3, 0.4) is 0 Å². The molecule has 0 aliphatic carbocycles. The third-order valence-corrected chi connectivity index (χ3v) is 6.48. The first-order valence-electron chi connectivity index (χ1n) is 8.12. The van der Waals surface area contributed by atoms with Crippen molar-refractivity contribution in [1.82, 2.24) is 9.55 Å². The normalized spacial score (nSPS) is 12.4. The zero-order valence-corrected chi connectivity index (χ0v) is 15.5. The standard InChI is InChI=1S/C20H13N3OS2/c1-23-17-13-7-3-2-6-12(13)10-11-16(17)26-20(23)22-18(24)19-21-14-8-4-5-9-15(14)25-19/h2-11H,1H3. The Hall–Kier alpha value is -2.83. The molecule has 0 unspecified atom stereocenters. The van der Waals surface area contributed by atoms with Crippen LogP contribution in [0.2, 0.25) is 0 Å². The summed E-state index contributed by atoms with van der Waals surface area (Å²) in [5, 5.41) is 2.77. The lowest BCUT2D eigenvalue weighted by atomic mass is 10.1. The van der Waals surface area contributed by atoms with E-state index < -0.39 is 0 Å². The van der Waals surface area contributed by atoms with E-state index in [1.165, 1.54) is 28.1 Å². The Kier molecular flexibility index (Phi) is 3.48. The Morgan fingerprint density at radius 1 is 0.962 bits per heavy atom. The first-order chi connectivity index (χ1) is 12.7. The number of para-hydroxylation sites is 1. The molecule has 26 heavy (non-hydrogen) atoms. The molecule has 1 amide bonds. The summed E-state index contributed by atoms with van der Waals surface area (Å²) >= 11 is 2.90. The fraction of sp³-hybridized carbons (Fsp3) is 0.0500. The zero-order valence-electron chi connectivity index (χ0n) is 13.8. The van der Waals surface area contributed by atoms with Gasteiger partial charge in [-0.1, -0.05) is 53.8 Å². The molecule has 6 heteroatoms. The summed E-state index contributed by atoms with van der Waals surface area (Å²) < 4.78 is 4.10. The van der Waals surface area contributed by atoms with Gasteiger partial charge in [0, 0.05) is 12.4 Å². The van der Waals surface area contributed by atoms with E-state index in [0.29, 0.717) is 9.81 Å². The highest BCUT2D eigenvalue weighted by molar-refractivity contribution is 7.20. The second kappa shape index (κ2) is 5.86. The van der Waals surface area contributed by atoms with Crippen molar-refractivity contribution in [3.8, 4) is 0 Å². The van der Waals surface area contributed by atoms with Gasteiger partial charge < -0.3 is 4.57 Å². The van der Waals surface area contributed by atoms with Crippen molar-refractivity contribution in [2.75, 3.05) is 0 Å². The van der Waals surface area contributed by atoms with E-state index in [0.717, 1.165) is 25.8 Å². The number of nitrogens with zero attached hydrogens (tertiary/aromatic N) is 3. The van der Waals surface area contributed by atoms with Gasteiger partial charge in [-0.3, -0.25) is 4.79 Å². The molecule has 0 fully saturated rings. The summed E-state index contributed by atoms with van der Waals surface area (Å²) in [6.07, 6.45) is 0. The molecule has 0 bridgehead atoms. The fourth-order valence-electron chi connectivity index (χ4n) is 3.12. The van der Waals surface area contributed by atoms with Crippen molar-refractivity contribution in [3.05, 3.63) is 70.5 Å². The molecule has 126 valence electrons. The smallest absolute Gasteiger partial charge is 0.308 e. The van der Waals surface area contributed by atoms with E-state index in [2.05, 4.69) is 34.2 Å². The maximum Gasteiger partial charge on any atom is 0.308 e. The van der Waals surface area contributed by atoms with Gasteiger partial charge >= 0.3 is 5.91 Å². The van der Waals surface area contributed by atoms with Gasteiger partial charge in [0.05, 0.1) is 20.4 Å². The number of thiazole rings is 2. The molecule has 0 saturated heterocycles. The molecule has 5 rings (SSSR count). The number of carbonyl (C=O) groups excluding carboxylic acids is 1. The van der Waals surface area contributed by atoms with Crippen LogP contribution >= 0.6 is 22.7 Å². The number of rotatable bonds is 1. The van der Waals surface area contributed by atoms with Crippen molar-refractivity contribution >= 4 is 59.8 Å². The average Bonchev–Trinajstić information content (AvgIpc) is 3.23. The molecule has 5 aromatic rings. The van der Waals surface area contributed by atoms with Crippen LogP contribution in [-0.2, 0) is 7.05 Å². The van der Waals surface area contributed by atoms with Crippen molar-refractivity contribution in [3.63, 3.8) is 0 Å². The molecule has 0 N–H and O–H groups in total. The van der Waals surface area contributed by atoms with E-state index in [-0.39, 0.29) is 5.91 Å². The van der Waals surface area contributed by atoms with Gasteiger partial charge in [-0.15, -0.1) is 11.3 Å². The predicted octanol–water partition coefficient (Wildman–Crippen LogP) is 4.74. The zero-order chi connectivity index (χ0) is 17.7. The van der Waals surface area contributed by atoms with Gasteiger partial charge in [0.2, 0.25) is 0 Å².